The van der Waals surface area contributed by atoms with E-state index in [2.05, 4.69) is 0 Å². The van der Waals surface area contributed by atoms with E-state index in [4.69, 9.17) is 4.74 Å². The summed E-state index contributed by atoms with van der Waals surface area (Å²) in [6.45, 7) is 1.22. The second kappa shape index (κ2) is 10.2. The topological polar surface area (TPSA) is 123 Å². The van der Waals surface area contributed by atoms with E-state index in [-0.39, 0.29) is 11.3 Å². The van der Waals surface area contributed by atoms with Gasteiger partial charge in [-0.1, -0.05) is 54.6 Å². The number of ether oxygens (including phenoxy) is 1. The van der Waals surface area contributed by atoms with Gasteiger partial charge in [0.05, 0.1) is 16.1 Å². The molecule has 3 aromatic carbocycles. The molecule has 3 aliphatic heterocycles. The van der Waals surface area contributed by atoms with Gasteiger partial charge in [0.15, 0.2) is 11.5 Å². The van der Waals surface area contributed by atoms with Crippen LogP contribution in [0, 0.1) is 11.8 Å². The molecule has 3 aliphatic rings. The Morgan fingerprint density at radius 3 is 2.16 bits per heavy atom. The van der Waals surface area contributed by atoms with Gasteiger partial charge in [-0.25, -0.2) is 17.3 Å². The molecule has 0 spiro atoms. The molecule has 0 saturated carbocycles. The maximum absolute atomic E-state index is 14.0. The van der Waals surface area contributed by atoms with Crippen molar-refractivity contribution in [3.63, 3.8) is 0 Å². The third kappa shape index (κ3) is 3.93. The van der Waals surface area contributed by atoms with Crippen LogP contribution in [0.1, 0.15) is 31.9 Å². The predicted molar refractivity (Wildman–Crippen MR) is 164 cm³/mol. The number of likely N-dealkylation sites (tertiary alicyclic amines) is 1. The molecule has 11 heteroatoms. The Labute approximate surface area is 260 Å². The molecule has 7 rings (SSSR count). The fourth-order valence-corrected chi connectivity index (χ4v) is 9.08. The summed E-state index contributed by atoms with van der Waals surface area (Å²) in [5, 5.41) is 0.788. The van der Waals surface area contributed by atoms with Crippen molar-refractivity contribution >= 4 is 50.1 Å². The summed E-state index contributed by atoms with van der Waals surface area (Å²) in [6.07, 6.45) is 1.47. The molecule has 0 N–H and O–H groups in total. The van der Waals surface area contributed by atoms with Gasteiger partial charge in [-0.2, -0.15) is 0 Å². The van der Waals surface area contributed by atoms with Crippen molar-refractivity contribution < 1.29 is 32.3 Å². The number of fused-ring (bicyclic) bond motifs is 6. The van der Waals surface area contributed by atoms with E-state index < -0.39 is 56.7 Å². The molecule has 3 fully saturated rings. The first-order valence-corrected chi connectivity index (χ1v) is 16.3. The first-order valence-electron chi connectivity index (χ1n) is 14.9. The molecule has 1 aromatic heterocycles. The average molecular weight is 626 g/mol. The third-order valence-electron chi connectivity index (χ3n) is 9.53. The monoisotopic (exact) mass is 625 g/mol. The number of hydrogen-bond acceptors (Lipinski definition) is 7. The molecular weight excluding hydrogens is 594 g/mol. The Hall–Kier alpha value is -4.61. The van der Waals surface area contributed by atoms with Crippen LogP contribution >= 0.6 is 0 Å². The van der Waals surface area contributed by atoms with E-state index in [0.717, 1.165) is 10.3 Å². The van der Waals surface area contributed by atoms with E-state index >= 15 is 0 Å². The Balaban J connectivity index is 1.19. The quantitative estimate of drug-likeness (QED) is 0.157. The summed E-state index contributed by atoms with van der Waals surface area (Å²) in [7, 11) is -2.38. The molecule has 3 saturated heterocycles. The van der Waals surface area contributed by atoms with Crippen molar-refractivity contribution in [1.82, 2.24) is 8.87 Å². The number of hydrogen-bond donors (Lipinski definition) is 0. The summed E-state index contributed by atoms with van der Waals surface area (Å²) >= 11 is 0. The Kier molecular flexibility index (Phi) is 6.61. The van der Waals surface area contributed by atoms with Crippen LogP contribution in [-0.4, -0.2) is 59.2 Å². The highest BCUT2D eigenvalue weighted by molar-refractivity contribution is 7.90. The lowest BCUT2D eigenvalue weighted by Gasteiger charge is -2.38. The molecule has 0 radical (unpaired) electrons. The van der Waals surface area contributed by atoms with Crippen LogP contribution in [0.2, 0.25) is 0 Å². The number of amides is 3. The fraction of sp³-hybridized carbons (Fsp3) is 0.294. The number of nitrogens with zero attached hydrogens (tertiary/aromatic N) is 3. The summed E-state index contributed by atoms with van der Waals surface area (Å²) in [5.41, 5.74) is -2.02. The molecule has 230 valence electrons. The number of piperidine rings is 1. The summed E-state index contributed by atoms with van der Waals surface area (Å²) < 4.78 is 35.3. The Morgan fingerprint density at radius 1 is 0.844 bits per heavy atom. The standard InChI is InChI=1S/C34H31N3O7S/c1-22(38)34-29-28(30(39)36(31(29)40)24-14-5-3-6-15-24)33(44-34,35(2)32(34)41)20-12-11-16-25-21-23-13-9-10-19-27(23)37(25)45(42,43)26-17-7-4-8-18-26/h3-10,13-15,17-19,21,28-29H,11-12,16,20H2,1-2H3. The number of carbonyl (C=O) groups is 4. The molecule has 4 heterocycles. The first-order chi connectivity index (χ1) is 21.6. The van der Waals surface area contributed by atoms with Crippen LogP contribution in [0.25, 0.3) is 10.9 Å². The molecule has 4 atom stereocenters. The van der Waals surface area contributed by atoms with Crippen molar-refractivity contribution in [2.45, 2.75) is 48.8 Å². The highest BCUT2D eigenvalue weighted by Crippen LogP contribution is 2.61. The maximum atomic E-state index is 14.0. The number of rotatable bonds is 9. The molecule has 3 amide bonds. The number of carbonyl (C=O) groups excluding carboxylic acids is 4. The third-order valence-corrected chi connectivity index (χ3v) is 11.3. The van der Waals surface area contributed by atoms with Crippen LogP contribution in [0.4, 0.5) is 5.69 Å². The summed E-state index contributed by atoms with van der Waals surface area (Å²) in [6, 6.07) is 25.9. The number of aryl methyl sites for hydroxylation is 1. The lowest BCUT2D eigenvalue weighted by atomic mass is 9.71. The van der Waals surface area contributed by atoms with Gasteiger partial charge in [0, 0.05) is 18.1 Å². The van der Waals surface area contributed by atoms with Crippen molar-refractivity contribution in [2.24, 2.45) is 11.8 Å². The molecule has 0 aliphatic carbocycles. The van der Waals surface area contributed by atoms with Crippen LogP contribution in [0.3, 0.4) is 0 Å². The van der Waals surface area contributed by atoms with Gasteiger partial charge in [0.1, 0.15) is 11.8 Å². The van der Waals surface area contributed by atoms with E-state index in [9.17, 15) is 27.6 Å². The van der Waals surface area contributed by atoms with E-state index in [0.29, 0.717) is 36.2 Å². The van der Waals surface area contributed by atoms with Crippen LogP contribution in [0.15, 0.2) is 95.9 Å². The normalized spacial score (nSPS) is 25.9. The summed E-state index contributed by atoms with van der Waals surface area (Å²) in [5.74, 6) is -4.67. The van der Waals surface area contributed by atoms with E-state index in [1.54, 1.807) is 72.8 Å². The number of imide groups is 1. The Bertz CT molecular complexity index is 1990. The highest BCUT2D eigenvalue weighted by atomic mass is 32.2. The van der Waals surface area contributed by atoms with Crippen LogP contribution in [-0.2, 0) is 40.4 Å². The largest absolute Gasteiger partial charge is 0.330 e. The van der Waals surface area contributed by atoms with Gasteiger partial charge >= 0.3 is 0 Å². The SMILES string of the molecule is CC(=O)C12OC(CCCCc3cc4ccccc4n3S(=O)(=O)c3ccccc3)(C3C(=O)N(c4ccccc4)C(=O)C31)N(C)C2=O. The van der Waals surface area contributed by atoms with Crippen molar-refractivity contribution in [1.29, 1.82) is 0 Å². The van der Waals surface area contributed by atoms with Gasteiger partial charge in [-0.15, -0.1) is 0 Å². The zero-order chi connectivity index (χ0) is 31.7. The fourth-order valence-electron chi connectivity index (χ4n) is 7.49. The lowest BCUT2D eigenvalue weighted by molar-refractivity contribution is -0.155. The predicted octanol–water partition coefficient (Wildman–Crippen LogP) is 3.92. The molecular formula is C34H31N3O7S. The van der Waals surface area contributed by atoms with Gasteiger partial charge in [-0.05, 0) is 69.0 Å². The number of anilines is 1. The molecule has 4 aromatic rings. The van der Waals surface area contributed by atoms with Gasteiger partial charge in [-0.3, -0.25) is 19.2 Å². The number of aromatic nitrogens is 1. The number of unbranched alkanes of at least 4 members (excludes halogenated alkanes) is 1. The van der Waals surface area contributed by atoms with Crippen molar-refractivity contribution in [3.8, 4) is 0 Å². The number of benzene rings is 3. The smallest absolute Gasteiger partial charge is 0.268 e. The molecule has 10 nitrogen and oxygen atoms in total. The minimum atomic E-state index is -3.89. The number of Topliss-reactive ketones (excluding diaryl/α,β-unsaturated/α-hetero) is 1. The number of para-hydroxylation sites is 2. The molecule has 45 heavy (non-hydrogen) atoms. The van der Waals surface area contributed by atoms with Crippen LogP contribution in [0.5, 0.6) is 0 Å². The van der Waals surface area contributed by atoms with Gasteiger partial charge in [0.2, 0.25) is 17.4 Å². The van der Waals surface area contributed by atoms with E-state index in [1.165, 1.54) is 22.8 Å². The van der Waals surface area contributed by atoms with Crippen molar-refractivity contribution in [3.05, 3.63) is 96.7 Å². The summed E-state index contributed by atoms with van der Waals surface area (Å²) in [4.78, 5) is 57.1. The maximum Gasteiger partial charge on any atom is 0.268 e. The second-order valence-electron chi connectivity index (χ2n) is 11.9. The minimum absolute atomic E-state index is 0.177. The van der Waals surface area contributed by atoms with Gasteiger partial charge < -0.3 is 9.64 Å². The van der Waals surface area contributed by atoms with E-state index in [1.807, 2.05) is 18.2 Å². The first kappa shape index (κ1) is 29.1. The number of ketones is 1. The average Bonchev–Trinajstić information content (AvgIpc) is 3.72. The number of likely N-dealkylation sites (N-methyl/N-ethyl adjacent to an activating group) is 1. The zero-order valence-corrected chi connectivity index (χ0v) is 25.6. The molecule has 2 bridgehead atoms. The van der Waals surface area contributed by atoms with Gasteiger partial charge in [0.25, 0.3) is 15.9 Å². The zero-order valence-electron chi connectivity index (χ0n) is 24.8. The second-order valence-corrected chi connectivity index (χ2v) is 13.7. The van der Waals surface area contributed by atoms with Crippen LogP contribution < -0.4 is 4.90 Å². The highest BCUT2D eigenvalue weighted by Gasteiger charge is 2.83. The molecule has 4 unspecified atom stereocenters. The lowest BCUT2D eigenvalue weighted by Crippen LogP contribution is -2.60. The van der Waals surface area contributed by atoms with Crippen molar-refractivity contribution in [2.75, 3.05) is 11.9 Å². The Morgan fingerprint density at radius 2 is 1.47 bits per heavy atom. The minimum Gasteiger partial charge on any atom is -0.330 e.